The summed E-state index contributed by atoms with van der Waals surface area (Å²) in [5.74, 6) is 0.695. The van der Waals surface area contributed by atoms with Gasteiger partial charge in [0.05, 0.1) is 22.1 Å². The van der Waals surface area contributed by atoms with Crippen LogP contribution < -0.4 is 5.69 Å². The minimum Gasteiger partial charge on any atom is -0.336 e. The summed E-state index contributed by atoms with van der Waals surface area (Å²) in [6.45, 7) is 2.56. The summed E-state index contributed by atoms with van der Waals surface area (Å²) < 4.78 is 1.69. The maximum absolute atomic E-state index is 11.8. The number of nitrogens with one attached hydrogen (secondary N) is 2. The van der Waals surface area contributed by atoms with Crippen molar-refractivity contribution in [3.63, 3.8) is 0 Å². The molecule has 0 atom stereocenters. The Morgan fingerprint density at radius 2 is 2.20 bits per heavy atom. The summed E-state index contributed by atoms with van der Waals surface area (Å²) in [5, 5.41) is 8.56. The van der Waals surface area contributed by atoms with Crippen LogP contribution in [0.25, 0.3) is 32.9 Å². The van der Waals surface area contributed by atoms with E-state index in [2.05, 4.69) is 25.1 Å². The molecule has 4 rings (SSSR count). The number of imidazole rings is 2. The van der Waals surface area contributed by atoms with Crippen molar-refractivity contribution in [3.8, 4) is 10.8 Å². The Kier molecular flexibility index (Phi) is 2.27. The summed E-state index contributed by atoms with van der Waals surface area (Å²) in [6, 6.07) is 3.81. The SMILES string of the molecule is CCn1c(=O)[nH]c2cc3[nH]c(-c4nncs4)nc3cc21. The second-order valence-electron chi connectivity index (χ2n) is 4.39. The van der Waals surface area contributed by atoms with Gasteiger partial charge in [-0.05, 0) is 19.1 Å². The minimum absolute atomic E-state index is 0.0977. The van der Waals surface area contributed by atoms with Crippen molar-refractivity contribution in [3.05, 3.63) is 28.1 Å². The molecule has 0 radical (unpaired) electrons. The molecule has 8 heteroatoms. The molecule has 0 saturated heterocycles. The third-order valence-corrected chi connectivity index (χ3v) is 3.95. The van der Waals surface area contributed by atoms with Crippen LogP contribution in [0.2, 0.25) is 0 Å². The van der Waals surface area contributed by atoms with E-state index in [0.717, 1.165) is 27.1 Å². The highest BCUT2D eigenvalue weighted by molar-refractivity contribution is 7.12. The Balaban J connectivity index is 2.01. The Bertz CT molecular complexity index is 961. The summed E-state index contributed by atoms with van der Waals surface area (Å²) >= 11 is 1.43. The van der Waals surface area contributed by atoms with Gasteiger partial charge in [0.25, 0.3) is 0 Å². The smallest absolute Gasteiger partial charge is 0.326 e. The van der Waals surface area contributed by atoms with Crippen LogP contribution in [0.3, 0.4) is 0 Å². The Labute approximate surface area is 116 Å². The molecule has 0 amide bonds. The van der Waals surface area contributed by atoms with Crippen molar-refractivity contribution in [2.45, 2.75) is 13.5 Å². The van der Waals surface area contributed by atoms with Gasteiger partial charge in [-0.2, -0.15) is 0 Å². The number of hydrogen-bond acceptors (Lipinski definition) is 5. The monoisotopic (exact) mass is 286 g/mol. The van der Waals surface area contributed by atoms with E-state index in [4.69, 9.17) is 0 Å². The number of rotatable bonds is 2. The number of fused-ring (bicyclic) bond motifs is 2. The molecule has 0 saturated carbocycles. The van der Waals surface area contributed by atoms with Gasteiger partial charge in [0.2, 0.25) is 0 Å². The fourth-order valence-corrected chi connectivity index (χ4v) is 2.85. The number of aryl methyl sites for hydroxylation is 1. The molecule has 20 heavy (non-hydrogen) atoms. The van der Waals surface area contributed by atoms with Crippen molar-refractivity contribution in [1.29, 1.82) is 0 Å². The average molecular weight is 286 g/mol. The summed E-state index contributed by atoms with van der Waals surface area (Å²) in [4.78, 5) is 22.3. The van der Waals surface area contributed by atoms with E-state index < -0.39 is 0 Å². The second-order valence-corrected chi connectivity index (χ2v) is 5.22. The number of nitrogens with zero attached hydrogens (tertiary/aromatic N) is 4. The zero-order valence-corrected chi connectivity index (χ0v) is 11.4. The normalized spacial score (nSPS) is 11.7. The first-order valence-electron chi connectivity index (χ1n) is 6.15. The molecule has 0 aliphatic rings. The van der Waals surface area contributed by atoms with Gasteiger partial charge in [-0.1, -0.05) is 11.3 Å². The molecule has 0 aliphatic heterocycles. The lowest BCUT2D eigenvalue weighted by atomic mass is 10.2. The number of aromatic nitrogens is 6. The quantitative estimate of drug-likeness (QED) is 0.587. The highest BCUT2D eigenvalue weighted by Gasteiger charge is 2.12. The number of H-pyrrole nitrogens is 2. The molecule has 100 valence electrons. The summed E-state index contributed by atoms with van der Waals surface area (Å²) in [5.41, 5.74) is 4.91. The highest BCUT2D eigenvalue weighted by atomic mass is 32.1. The molecule has 7 nitrogen and oxygen atoms in total. The topological polar surface area (TPSA) is 92.2 Å². The second kappa shape index (κ2) is 4.01. The van der Waals surface area contributed by atoms with E-state index in [1.54, 1.807) is 10.1 Å². The van der Waals surface area contributed by atoms with Crippen LogP contribution in [-0.4, -0.2) is 29.7 Å². The predicted molar refractivity (Wildman–Crippen MR) is 76.8 cm³/mol. The van der Waals surface area contributed by atoms with Gasteiger partial charge >= 0.3 is 5.69 Å². The van der Waals surface area contributed by atoms with Crippen molar-refractivity contribution >= 4 is 33.4 Å². The zero-order valence-electron chi connectivity index (χ0n) is 10.5. The lowest BCUT2D eigenvalue weighted by Crippen LogP contribution is -2.14. The van der Waals surface area contributed by atoms with Crippen LogP contribution in [-0.2, 0) is 6.54 Å². The first-order valence-corrected chi connectivity index (χ1v) is 7.03. The minimum atomic E-state index is -0.0977. The average Bonchev–Trinajstić information content (AvgIpc) is 3.12. The van der Waals surface area contributed by atoms with Crippen LogP contribution in [0.15, 0.2) is 22.4 Å². The number of benzene rings is 1. The third-order valence-electron chi connectivity index (χ3n) is 3.26. The van der Waals surface area contributed by atoms with Gasteiger partial charge in [0, 0.05) is 6.54 Å². The van der Waals surface area contributed by atoms with Gasteiger partial charge in [-0.15, -0.1) is 10.2 Å². The lowest BCUT2D eigenvalue weighted by molar-refractivity contribution is 0.753. The molecule has 0 fully saturated rings. The third kappa shape index (κ3) is 1.51. The van der Waals surface area contributed by atoms with Crippen molar-refractivity contribution in [1.82, 2.24) is 29.7 Å². The predicted octanol–water partition coefficient (Wildman–Crippen LogP) is 1.74. The number of aromatic amines is 2. The van der Waals surface area contributed by atoms with Crippen LogP contribution in [0.1, 0.15) is 6.92 Å². The zero-order chi connectivity index (χ0) is 13.7. The number of hydrogen-bond donors (Lipinski definition) is 2. The first-order chi connectivity index (χ1) is 9.76. The van der Waals surface area contributed by atoms with E-state index in [1.807, 2.05) is 19.1 Å². The summed E-state index contributed by atoms with van der Waals surface area (Å²) in [6.07, 6.45) is 0. The van der Waals surface area contributed by atoms with Crippen LogP contribution in [0.5, 0.6) is 0 Å². The highest BCUT2D eigenvalue weighted by Crippen LogP contribution is 2.24. The van der Waals surface area contributed by atoms with Crippen LogP contribution >= 0.6 is 11.3 Å². The first kappa shape index (κ1) is 11.4. The molecule has 3 aromatic heterocycles. The molecule has 2 N–H and O–H groups in total. The molecule has 0 aliphatic carbocycles. The van der Waals surface area contributed by atoms with Gasteiger partial charge in [0.1, 0.15) is 5.51 Å². The summed E-state index contributed by atoms with van der Waals surface area (Å²) in [7, 11) is 0. The van der Waals surface area contributed by atoms with Gasteiger partial charge < -0.3 is 9.97 Å². The lowest BCUT2D eigenvalue weighted by Gasteiger charge is -1.96. The van der Waals surface area contributed by atoms with E-state index >= 15 is 0 Å². The molecule has 0 bridgehead atoms. The Hall–Kier alpha value is -2.48. The van der Waals surface area contributed by atoms with Crippen LogP contribution in [0.4, 0.5) is 0 Å². The van der Waals surface area contributed by atoms with Crippen molar-refractivity contribution in [2.24, 2.45) is 0 Å². The maximum atomic E-state index is 11.8. The molecular formula is C12H10N6OS. The standard InChI is InChI=1S/C12H10N6OS/c1-2-18-9-4-7-6(3-8(9)16-12(18)19)14-10(15-7)11-17-13-5-20-11/h3-5H,2H2,1H3,(H,14,15)(H,16,19). The fourth-order valence-electron chi connectivity index (χ4n) is 2.35. The van der Waals surface area contributed by atoms with Gasteiger partial charge in [-0.25, -0.2) is 9.78 Å². The maximum Gasteiger partial charge on any atom is 0.326 e. The molecular weight excluding hydrogens is 276 g/mol. The largest absolute Gasteiger partial charge is 0.336 e. The van der Waals surface area contributed by atoms with Gasteiger partial charge in [0.15, 0.2) is 10.8 Å². The van der Waals surface area contributed by atoms with E-state index in [1.165, 1.54) is 11.3 Å². The Morgan fingerprint density at radius 3 is 2.95 bits per heavy atom. The fraction of sp³-hybridized carbons (Fsp3) is 0.167. The molecule has 3 heterocycles. The molecule has 0 unspecified atom stereocenters. The van der Waals surface area contributed by atoms with E-state index in [0.29, 0.717) is 12.4 Å². The van der Waals surface area contributed by atoms with E-state index in [-0.39, 0.29) is 5.69 Å². The van der Waals surface area contributed by atoms with Crippen LogP contribution in [0, 0.1) is 0 Å². The molecule has 0 spiro atoms. The Morgan fingerprint density at radius 1 is 1.30 bits per heavy atom. The van der Waals surface area contributed by atoms with Gasteiger partial charge in [-0.3, -0.25) is 4.57 Å². The van der Waals surface area contributed by atoms with Crippen molar-refractivity contribution in [2.75, 3.05) is 0 Å². The molecule has 4 aromatic rings. The van der Waals surface area contributed by atoms with E-state index in [9.17, 15) is 4.79 Å². The molecule has 1 aromatic carbocycles. The van der Waals surface area contributed by atoms with Crippen molar-refractivity contribution < 1.29 is 0 Å².